The highest BCUT2D eigenvalue weighted by Crippen LogP contribution is 1.87. The van der Waals surface area contributed by atoms with Gasteiger partial charge >= 0.3 is 0 Å². The van der Waals surface area contributed by atoms with Crippen LogP contribution >= 0.6 is 11.6 Å². The van der Waals surface area contributed by atoms with Gasteiger partial charge in [-0.25, -0.2) is 8.42 Å². The Morgan fingerprint density at radius 1 is 1.50 bits per heavy atom. The molecule has 8 heavy (non-hydrogen) atoms. The molecule has 3 nitrogen and oxygen atoms in total. The fourth-order valence-corrected chi connectivity index (χ4v) is 1.25. The molecule has 0 aromatic heterocycles. The van der Waals surface area contributed by atoms with E-state index in [-0.39, 0.29) is 11.6 Å². The second-order valence-electron chi connectivity index (χ2n) is 1.27. The second kappa shape index (κ2) is 3.27. The number of hydrogen-bond acceptors (Lipinski definition) is 3. The van der Waals surface area contributed by atoms with Crippen molar-refractivity contribution in [1.29, 1.82) is 0 Å². The van der Waals surface area contributed by atoms with Crippen molar-refractivity contribution in [2.24, 2.45) is 0 Å². The van der Waals surface area contributed by atoms with Gasteiger partial charge in [-0.1, -0.05) is 0 Å². The minimum Gasteiger partial charge on any atom is -0.380 e. The van der Waals surface area contributed by atoms with Crippen LogP contribution in [0.25, 0.3) is 0 Å². The maximum absolute atomic E-state index is 10.3. The molecule has 0 unspecified atom stereocenters. The van der Waals surface area contributed by atoms with Gasteiger partial charge in [-0.05, 0) is 0 Å². The van der Waals surface area contributed by atoms with E-state index in [1.165, 1.54) is 0 Å². The minimum absolute atomic E-state index is 0.0445. The lowest BCUT2D eigenvalue weighted by Crippen LogP contribution is -2.10. The molecule has 0 amide bonds. The first-order valence-electron chi connectivity index (χ1n) is 1.99. The molecule has 50 valence electrons. The molecule has 0 aliphatic heterocycles. The van der Waals surface area contributed by atoms with Crippen LogP contribution in [0.15, 0.2) is 0 Å². The lowest BCUT2D eigenvalue weighted by Gasteiger charge is -1.92. The molecule has 0 heterocycles. The van der Waals surface area contributed by atoms with Gasteiger partial charge in [0.2, 0.25) is 0 Å². The van der Waals surface area contributed by atoms with Crippen LogP contribution in [0.4, 0.5) is 0 Å². The molecule has 0 atom stereocenters. The smallest absolute Gasteiger partial charge is 0.175 e. The van der Waals surface area contributed by atoms with Crippen LogP contribution in [0.2, 0.25) is 0 Å². The van der Waals surface area contributed by atoms with Crippen LogP contribution in [0.5, 0.6) is 0 Å². The molecular formula is C3H7ClO3S. The second-order valence-corrected chi connectivity index (χ2v) is 3.80. The monoisotopic (exact) mass is 158 g/mol. The average Bonchev–Trinajstić information content (AvgIpc) is 1.67. The molecule has 0 fully saturated rings. The number of aliphatic hydroxyl groups excluding tert-OH is 1. The van der Waals surface area contributed by atoms with E-state index in [9.17, 15) is 8.42 Å². The summed E-state index contributed by atoms with van der Waals surface area (Å²) in [6.45, 7) is 0. The molecule has 0 radical (unpaired) electrons. The molecular weight excluding hydrogens is 152 g/mol. The Bertz CT molecular complexity index is 139. The van der Waals surface area contributed by atoms with Crippen LogP contribution in [-0.4, -0.2) is 31.1 Å². The minimum atomic E-state index is -3.25. The Morgan fingerprint density at radius 2 is 2.00 bits per heavy atom. The van der Waals surface area contributed by atoms with Crippen molar-refractivity contribution in [1.82, 2.24) is 0 Å². The van der Waals surface area contributed by atoms with E-state index in [4.69, 9.17) is 16.7 Å². The third-order valence-corrected chi connectivity index (χ3v) is 2.22. The van der Waals surface area contributed by atoms with Gasteiger partial charge in [0.1, 0.15) is 5.94 Å². The van der Waals surface area contributed by atoms with E-state index < -0.39 is 15.8 Å². The van der Waals surface area contributed by atoms with Gasteiger partial charge in [0.25, 0.3) is 0 Å². The standard InChI is InChI=1S/C3H7ClO3S/c4-1-2-8(6,7)3-5/h5H,1-3H2. The molecule has 0 aliphatic rings. The van der Waals surface area contributed by atoms with Crippen molar-refractivity contribution in [2.75, 3.05) is 17.6 Å². The average molecular weight is 159 g/mol. The van der Waals surface area contributed by atoms with Gasteiger partial charge in [0, 0.05) is 5.88 Å². The van der Waals surface area contributed by atoms with E-state index in [0.717, 1.165) is 0 Å². The Labute approximate surface area is 53.2 Å². The van der Waals surface area contributed by atoms with Crippen molar-refractivity contribution in [3.63, 3.8) is 0 Å². The first-order valence-corrected chi connectivity index (χ1v) is 4.35. The Hall–Kier alpha value is 0.200. The lowest BCUT2D eigenvalue weighted by atomic mass is 11.0. The number of alkyl halides is 1. The molecule has 0 rings (SSSR count). The van der Waals surface area contributed by atoms with Crippen LogP contribution < -0.4 is 0 Å². The van der Waals surface area contributed by atoms with Crippen molar-refractivity contribution >= 4 is 21.4 Å². The predicted molar refractivity (Wildman–Crippen MR) is 31.6 cm³/mol. The fourth-order valence-electron chi connectivity index (χ4n) is 0.182. The maximum Gasteiger partial charge on any atom is 0.175 e. The van der Waals surface area contributed by atoms with Crippen molar-refractivity contribution in [3.05, 3.63) is 0 Å². The van der Waals surface area contributed by atoms with Gasteiger partial charge < -0.3 is 5.11 Å². The molecule has 0 bridgehead atoms. The zero-order valence-electron chi connectivity index (χ0n) is 4.17. The predicted octanol–water partition coefficient (Wildman–Crippen LogP) is -0.410. The third kappa shape index (κ3) is 3.23. The van der Waals surface area contributed by atoms with E-state index in [0.29, 0.717) is 0 Å². The molecule has 5 heteroatoms. The molecule has 0 spiro atoms. The van der Waals surface area contributed by atoms with Crippen LogP contribution in [0, 0.1) is 0 Å². The summed E-state index contributed by atoms with van der Waals surface area (Å²) in [4.78, 5) is 0. The van der Waals surface area contributed by atoms with Crippen molar-refractivity contribution < 1.29 is 13.5 Å². The fraction of sp³-hybridized carbons (Fsp3) is 1.00. The molecule has 0 aromatic carbocycles. The number of rotatable bonds is 3. The first kappa shape index (κ1) is 8.20. The van der Waals surface area contributed by atoms with Gasteiger partial charge in [0.05, 0.1) is 5.75 Å². The molecule has 0 aliphatic carbocycles. The number of sulfone groups is 1. The lowest BCUT2D eigenvalue weighted by molar-refractivity contribution is 0.359. The van der Waals surface area contributed by atoms with Crippen molar-refractivity contribution in [2.45, 2.75) is 0 Å². The van der Waals surface area contributed by atoms with Crippen LogP contribution in [0.3, 0.4) is 0 Å². The molecule has 0 aromatic rings. The van der Waals surface area contributed by atoms with Crippen LogP contribution in [0.1, 0.15) is 0 Å². The van der Waals surface area contributed by atoms with Crippen molar-refractivity contribution in [3.8, 4) is 0 Å². The summed E-state index contributed by atoms with van der Waals surface area (Å²) >= 11 is 5.07. The van der Waals surface area contributed by atoms with Gasteiger partial charge in [-0.15, -0.1) is 11.6 Å². The normalized spacial score (nSPS) is 11.8. The quantitative estimate of drug-likeness (QED) is 0.569. The zero-order chi connectivity index (χ0) is 6.62. The van der Waals surface area contributed by atoms with E-state index in [1.54, 1.807) is 0 Å². The first-order chi connectivity index (χ1) is 3.62. The third-order valence-electron chi connectivity index (χ3n) is 0.585. The van der Waals surface area contributed by atoms with Gasteiger partial charge in [-0.2, -0.15) is 0 Å². The number of aliphatic hydroxyl groups is 1. The van der Waals surface area contributed by atoms with E-state index in [2.05, 4.69) is 0 Å². The summed E-state index contributed by atoms with van der Waals surface area (Å²) in [5.41, 5.74) is 0. The Balaban J connectivity index is 3.76. The zero-order valence-corrected chi connectivity index (χ0v) is 5.74. The van der Waals surface area contributed by atoms with Crippen LogP contribution in [-0.2, 0) is 9.84 Å². The highest BCUT2D eigenvalue weighted by molar-refractivity contribution is 7.91. The molecule has 0 saturated carbocycles. The Kier molecular flexibility index (Phi) is 3.35. The number of halogens is 1. The highest BCUT2D eigenvalue weighted by Gasteiger charge is 2.05. The summed E-state index contributed by atoms with van der Waals surface area (Å²) in [5, 5.41) is 8.08. The maximum atomic E-state index is 10.3. The van der Waals surface area contributed by atoms with Gasteiger partial charge in [0.15, 0.2) is 9.84 Å². The molecule has 0 saturated heterocycles. The Morgan fingerprint density at radius 3 is 2.12 bits per heavy atom. The highest BCUT2D eigenvalue weighted by atomic mass is 35.5. The molecule has 1 N–H and O–H groups in total. The summed E-state index contributed by atoms with van der Waals surface area (Å²) < 4.78 is 20.5. The van der Waals surface area contributed by atoms with Gasteiger partial charge in [-0.3, -0.25) is 0 Å². The topological polar surface area (TPSA) is 54.4 Å². The summed E-state index contributed by atoms with van der Waals surface area (Å²) in [6, 6.07) is 0. The largest absolute Gasteiger partial charge is 0.380 e. The summed E-state index contributed by atoms with van der Waals surface area (Å²) in [6.07, 6.45) is 0. The van der Waals surface area contributed by atoms with E-state index in [1.807, 2.05) is 0 Å². The summed E-state index contributed by atoms with van der Waals surface area (Å²) in [7, 11) is -3.25. The SMILES string of the molecule is O=S(=O)(CO)CCCl. The number of hydrogen-bond donors (Lipinski definition) is 1. The summed E-state index contributed by atoms with van der Waals surface area (Å²) in [5.74, 6) is -0.909. The van der Waals surface area contributed by atoms with E-state index >= 15 is 0 Å².